The Balaban J connectivity index is 0.000000153. The molecule has 4 aromatic heterocycles. The molecular formula is C39H48N6O2S. The molecular weight excluding hydrogens is 617 g/mol. The number of nitrogens with one attached hydrogen (secondary N) is 1. The van der Waals surface area contributed by atoms with Crippen LogP contribution in [0.25, 0.3) is 22.1 Å². The van der Waals surface area contributed by atoms with Crippen LogP contribution in [0.5, 0.6) is 0 Å². The summed E-state index contributed by atoms with van der Waals surface area (Å²) in [4.78, 5) is 17.9. The van der Waals surface area contributed by atoms with Crippen LogP contribution in [-0.4, -0.2) is 52.5 Å². The SMILES string of the molecule is Cc1ccc(S(=O)(=O)n2ccc3c4c(cnc32)CCCN4C2CCCCC2)cc1.c1cc2c3c(cnc2[nH]1)CCCN3C1CCCCC1. The van der Waals surface area contributed by atoms with Gasteiger partial charge in [0.1, 0.15) is 5.65 Å². The molecule has 0 unspecified atom stereocenters. The zero-order valence-corrected chi connectivity index (χ0v) is 29.0. The lowest BCUT2D eigenvalue weighted by molar-refractivity contribution is 0.408. The van der Waals surface area contributed by atoms with Crippen molar-refractivity contribution < 1.29 is 8.42 Å². The Labute approximate surface area is 284 Å². The van der Waals surface area contributed by atoms with E-state index in [1.807, 2.05) is 37.5 Å². The number of rotatable bonds is 4. The van der Waals surface area contributed by atoms with Gasteiger partial charge in [0.2, 0.25) is 0 Å². The lowest BCUT2D eigenvalue weighted by Crippen LogP contribution is -2.40. The quantitative estimate of drug-likeness (QED) is 0.208. The van der Waals surface area contributed by atoms with Crippen molar-refractivity contribution >= 4 is 43.5 Å². The molecule has 0 atom stereocenters. The highest BCUT2D eigenvalue weighted by Gasteiger charge is 2.30. The highest BCUT2D eigenvalue weighted by atomic mass is 32.2. The number of fused-ring (bicyclic) bond motifs is 6. The molecule has 2 saturated carbocycles. The maximum atomic E-state index is 13.3. The molecule has 1 aromatic carbocycles. The van der Waals surface area contributed by atoms with Crippen molar-refractivity contribution in [2.75, 3.05) is 22.9 Å². The second-order valence-corrected chi connectivity index (χ2v) is 16.2. The first-order valence-corrected chi connectivity index (χ1v) is 19.7. The zero-order chi connectivity index (χ0) is 32.7. The normalized spacial score (nSPS) is 19.2. The van der Waals surface area contributed by atoms with Crippen LogP contribution < -0.4 is 9.80 Å². The molecule has 0 spiro atoms. The van der Waals surface area contributed by atoms with Gasteiger partial charge in [-0.2, -0.15) is 0 Å². The number of nitrogens with zero attached hydrogens (tertiary/aromatic N) is 5. The highest BCUT2D eigenvalue weighted by molar-refractivity contribution is 7.90. The largest absolute Gasteiger partial charge is 0.368 e. The fraction of sp³-hybridized carbons (Fsp3) is 0.487. The number of H-pyrrole nitrogens is 1. The Morgan fingerprint density at radius 3 is 1.90 bits per heavy atom. The van der Waals surface area contributed by atoms with E-state index in [0.29, 0.717) is 16.6 Å². The second-order valence-electron chi connectivity index (χ2n) is 14.3. The van der Waals surface area contributed by atoms with Crippen LogP contribution in [0.4, 0.5) is 11.4 Å². The predicted molar refractivity (Wildman–Crippen MR) is 195 cm³/mol. The first-order chi connectivity index (χ1) is 23.5. The third-order valence-corrected chi connectivity index (χ3v) is 12.9. The molecule has 8 nitrogen and oxygen atoms in total. The van der Waals surface area contributed by atoms with Gasteiger partial charge in [-0.1, -0.05) is 56.2 Å². The Bertz CT molecular complexity index is 2000. The van der Waals surface area contributed by atoms with Crippen LogP contribution in [0.2, 0.25) is 0 Å². The average Bonchev–Trinajstić information content (AvgIpc) is 3.81. The van der Waals surface area contributed by atoms with Gasteiger partial charge < -0.3 is 14.8 Å². The minimum Gasteiger partial charge on any atom is -0.368 e. The van der Waals surface area contributed by atoms with Crippen LogP contribution >= 0.6 is 0 Å². The number of hydrogen-bond acceptors (Lipinski definition) is 6. The third kappa shape index (κ3) is 5.78. The molecule has 0 saturated heterocycles. The standard InChI is InChI=1S/C23H27N3O2S.C16H21N3/c1-17-9-11-20(12-10-17)29(27,28)26-15-13-21-22-18(16-24-23(21)26)6-5-14-25(22)19-7-3-2-4-8-19;1-2-6-13(7-3-1)19-10-4-5-12-11-18-16-14(15(12)19)8-9-17-16/h9-13,15-16,19H,2-8,14H2,1H3;8-9,11,13H,1-7,10H2,(H,17,18). The molecule has 2 aliphatic carbocycles. The molecule has 252 valence electrons. The molecule has 6 heterocycles. The summed E-state index contributed by atoms with van der Waals surface area (Å²) in [6.07, 6.45) is 25.6. The Kier molecular flexibility index (Phi) is 8.65. The first-order valence-electron chi connectivity index (χ1n) is 18.3. The highest BCUT2D eigenvalue weighted by Crippen LogP contribution is 2.40. The molecule has 5 aromatic rings. The number of pyridine rings is 2. The maximum Gasteiger partial charge on any atom is 0.269 e. The minimum atomic E-state index is -3.67. The van der Waals surface area contributed by atoms with E-state index in [1.165, 1.54) is 115 Å². The van der Waals surface area contributed by atoms with Gasteiger partial charge in [0.05, 0.1) is 16.3 Å². The van der Waals surface area contributed by atoms with Crippen molar-refractivity contribution in [3.8, 4) is 0 Å². The average molecular weight is 665 g/mol. The summed E-state index contributed by atoms with van der Waals surface area (Å²) in [5, 5.41) is 2.28. The summed E-state index contributed by atoms with van der Waals surface area (Å²) in [6.45, 7) is 4.23. The zero-order valence-electron chi connectivity index (χ0n) is 28.2. The summed E-state index contributed by atoms with van der Waals surface area (Å²) < 4.78 is 27.9. The number of aryl methyl sites for hydroxylation is 3. The summed E-state index contributed by atoms with van der Waals surface area (Å²) in [5.41, 5.74) is 8.00. The van der Waals surface area contributed by atoms with Crippen LogP contribution in [0.15, 0.2) is 66.1 Å². The van der Waals surface area contributed by atoms with E-state index in [2.05, 4.69) is 37.0 Å². The monoisotopic (exact) mass is 664 g/mol. The molecule has 1 N–H and O–H groups in total. The summed E-state index contributed by atoms with van der Waals surface area (Å²) in [7, 11) is -3.67. The van der Waals surface area contributed by atoms with Gasteiger partial charge in [0, 0.05) is 60.7 Å². The lowest BCUT2D eigenvalue weighted by Gasteiger charge is -2.40. The van der Waals surface area contributed by atoms with Crippen LogP contribution in [0.1, 0.15) is 93.7 Å². The fourth-order valence-corrected chi connectivity index (χ4v) is 10.1. The van der Waals surface area contributed by atoms with E-state index in [4.69, 9.17) is 0 Å². The minimum absolute atomic E-state index is 0.296. The van der Waals surface area contributed by atoms with E-state index in [-0.39, 0.29) is 0 Å². The lowest BCUT2D eigenvalue weighted by atomic mass is 9.91. The molecule has 2 aliphatic heterocycles. The van der Waals surface area contributed by atoms with Crippen molar-refractivity contribution in [1.82, 2.24) is 18.9 Å². The fourth-order valence-electron chi connectivity index (χ4n) is 8.81. The molecule has 48 heavy (non-hydrogen) atoms. The predicted octanol–water partition coefficient (Wildman–Crippen LogP) is 8.32. The van der Waals surface area contributed by atoms with E-state index < -0.39 is 10.0 Å². The van der Waals surface area contributed by atoms with Gasteiger partial charge in [-0.25, -0.2) is 22.4 Å². The van der Waals surface area contributed by atoms with Gasteiger partial charge >= 0.3 is 0 Å². The van der Waals surface area contributed by atoms with Gasteiger partial charge in [0.25, 0.3) is 10.0 Å². The van der Waals surface area contributed by atoms with E-state index in [0.717, 1.165) is 42.0 Å². The maximum absolute atomic E-state index is 13.3. The van der Waals surface area contributed by atoms with Gasteiger partial charge in [-0.15, -0.1) is 0 Å². The molecule has 0 radical (unpaired) electrons. The molecule has 0 amide bonds. The second kappa shape index (κ2) is 13.2. The number of aromatic nitrogens is 4. The molecule has 9 rings (SSSR count). The van der Waals surface area contributed by atoms with Gasteiger partial charge in [-0.05, 0) is 93.7 Å². The van der Waals surface area contributed by atoms with Crippen LogP contribution in [0, 0.1) is 6.92 Å². The molecule has 2 fully saturated rings. The van der Waals surface area contributed by atoms with Gasteiger partial charge in [0.15, 0.2) is 5.65 Å². The van der Waals surface area contributed by atoms with Crippen LogP contribution in [-0.2, 0) is 22.9 Å². The smallest absolute Gasteiger partial charge is 0.269 e. The first kappa shape index (κ1) is 31.4. The van der Waals surface area contributed by atoms with Crippen molar-refractivity contribution in [1.29, 1.82) is 0 Å². The summed E-state index contributed by atoms with van der Waals surface area (Å²) in [6, 6.07) is 12.5. The molecule has 4 aliphatic rings. The topological polar surface area (TPSA) is 87.1 Å². The van der Waals surface area contributed by atoms with E-state index in [1.54, 1.807) is 18.3 Å². The van der Waals surface area contributed by atoms with E-state index in [9.17, 15) is 8.42 Å². The summed E-state index contributed by atoms with van der Waals surface area (Å²) >= 11 is 0. The van der Waals surface area contributed by atoms with Crippen molar-refractivity contribution in [2.24, 2.45) is 0 Å². The van der Waals surface area contributed by atoms with E-state index >= 15 is 0 Å². The van der Waals surface area contributed by atoms with Gasteiger partial charge in [-0.3, -0.25) is 0 Å². The number of benzene rings is 1. The third-order valence-electron chi connectivity index (χ3n) is 11.2. The summed E-state index contributed by atoms with van der Waals surface area (Å²) in [5.74, 6) is 0. The molecule has 0 bridgehead atoms. The Morgan fingerprint density at radius 2 is 1.27 bits per heavy atom. The van der Waals surface area contributed by atoms with Crippen LogP contribution in [0.3, 0.4) is 0 Å². The van der Waals surface area contributed by atoms with Crippen molar-refractivity contribution in [2.45, 2.75) is 114 Å². The van der Waals surface area contributed by atoms with Crippen molar-refractivity contribution in [3.63, 3.8) is 0 Å². The Morgan fingerprint density at radius 1 is 0.688 bits per heavy atom. The number of aromatic amines is 1. The Hall–Kier alpha value is -3.85. The molecule has 9 heteroatoms. The number of anilines is 2. The number of hydrogen-bond donors (Lipinski definition) is 1. The van der Waals surface area contributed by atoms with Crippen molar-refractivity contribution in [3.05, 3.63) is 77.9 Å².